The van der Waals surface area contributed by atoms with Gasteiger partial charge in [-0.05, 0) is 27.2 Å². The van der Waals surface area contributed by atoms with Gasteiger partial charge < -0.3 is 4.74 Å². The number of hydrogen-bond donors (Lipinski definition) is 0. The molecule has 0 unspecified atom stereocenters. The van der Waals surface area contributed by atoms with Crippen LogP contribution in [-0.2, 0) is 14.6 Å². The molecule has 84 valence electrons. The highest BCUT2D eigenvalue weighted by atomic mass is 32.2. The fourth-order valence-electron chi connectivity index (χ4n) is 1.40. The van der Waals surface area contributed by atoms with Crippen LogP contribution in [0.2, 0.25) is 0 Å². The molecule has 0 atom stereocenters. The van der Waals surface area contributed by atoms with Crippen LogP contribution in [0.4, 0.5) is 0 Å². The second-order valence-corrected chi connectivity index (χ2v) is 7.96. The Morgan fingerprint density at radius 1 is 1.29 bits per heavy atom. The largest absolute Gasteiger partial charge is 0.380 e. The molecule has 0 amide bonds. The smallest absolute Gasteiger partial charge is 0.155 e. The molecule has 0 bridgehead atoms. The summed E-state index contributed by atoms with van der Waals surface area (Å²) in [5, 5.41) is 0. The van der Waals surface area contributed by atoms with Gasteiger partial charge in [-0.1, -0.05) is 6.92 Å². The maximum atomic E-state index is 12.0. The number of ether oxygens (including phenoxy) is 1. The summed E-state index contributed by atoms with van der Waals surface area (Å²) in [4.78, 5) is 0. The molecule has 0 radical (unpaired) electrons. The van der Waals surface area contributed by atoms with Crippen LogP contribution in [0.25, 0.3) is 0 Å². The number of sulfone groups is 1. The SMILES string of the molecule is CCC1(CS(=O)(=O)C(C)(C)C)COC1. The first kappa shape index (κ1) is 12.0. The maximum Gasteiger partial charge on any atom is 0.155 e. The van der Waals surface area contributed by atoms with E-state index < -0.39 is 14.6 Å². The molecule has 0 aliphatic carbocycles. The van der Waals surface area contributed by atoms with Crippen molar-refractivity contribution in [1.82, 2.24) is 0 Å². The van der Waals surface area contributed by atoms with Gasteiger partial charge in [0.25, 0.3) is 0 Å². The molecule has 4 heteroatoms. The van der Waals surface area contributed by atoms with Crippen molar-refractivity contribution in [2.45, 2.75) is 38.9 Å². The lowest BCUT2D eigenvalue weighted by molar-refractivity contribution is -0.100. The molecule has 1 aliphatic heterocycles. The van der Waals surface area contributed by atoms with Gasteiger partial charge in [-0.2, -0.15) is 0 Å². The molecule has 0 aromatic carbocycles. The summed E-state index contributed by atoms with van der Waals surface area (Å²) < 4.78 is 28.4. The first-order valence-electron chi connectivity index (χ1n) is 5.02. The van der Waals surface area contributed by atoms with Crippen molar-refractivity contribution in [3.63, 3.8) is 0 Å². The fourth-order valence-corrected chi connectivity index (χ4v) is 3.01. The average Bonchev–Trinajstić information content (AvgIpc) is 1.94. The van der Waals surface area contributed by atoms with Crippen LogP contribution in [0.3, 0.4) is 0 Å². The first-order valence-corrected chi connectivity index (χ1v) is 6.68. The van der Waals surface area contributed by atoms with Gasteiger partial charge in [-0.3, -0.25) is 0 Å². The van der Waals surface area contributed by atoms with E-state index in [1.165, 1.54) is 0 Å². The Kier molecular flexibility index (Phi) is 2.99. The molecular weight excluding hydrogens is 200 g/mol. The Bertz CT molecular complexity index is 288. The fraction of sp³-hybridized carbons (Fsp3) is 1.00. The Morgan fingerprint density at radius 3 is 2.00 bits per heavy atom. The third-order valence-corrected chi connectivity index (χ3v) is 5.85. The van der Waals surface area contributed by atoms with E-state index in [0.29, 0.717) is 13.2 Å². The van der Waals surface area contributed by atoms with Gasteiger partial charge >= 0.3 is 0 Å². The van der Waals surface area contributed by atoms with E-state index in [1.807, 2.05) is 6.92 Å². The van der Waals surface area contributed by atoms with Crippen LogP contribution in [0.15, 0.2) is 0 Å². The van der Waals surface area contributed by atoms with Crippen LogP contribution in [-0.4, -0.2) is 32.1 Å². The zero-order chi connectivity index (χ0) is 11.0. The zero-order valence-corrected chi connectivity index (χ0v) is 10.3. The minimum atomic E-state index is -3.01. The third-order valence-electron chi connectivity index (χ3n) is 3.00. The average molecular weight is 220 g/mol. The summed E-state index contributed by atoms with van der Waals surface area (Å²) >= 11 is 0. The van der Waals surface area contributed by atoms with E-state index in [-0.39, 0.29) is 11.2 Å². The van der Waals surface area contributed by atoms with Crippen LogP contribution in [0.5, 0.6) is 0 Å². The number of rotatable bonds is 3. The Balaban J connectivity index is 2.78. The highest BCUT2D eigenvalue weighted by Crippen LogP contribution is 2.35. The summed E-state index contributed by atoms with van der Waals surface area (Å²) in [6, 6.07) is 0. The van der Waals surface area contributed by atoms with Crippen molar-refractivity contribution in [3.8, 4) is 0 Å². The third kappa shape index (κ3) is 2.11. The first-order chi connectivity index (χ1) is 6.22. The lowest BCUT2D eigenvalue weighted by Crippen LogP contribution is -2.50. The molecular formula is C10H20O3S. The Labute approximate surface area is 86.8 Å². The molecule has 3 nitrogen and oxygen atoms in total. The molecule has 0 aromatic rings. The molecule has 0 aromatic heterocycles. The van der Waals surface area contributed by atoms with Gasteiger partial charge in [0.1, 0.15) is 0 Å². The van der Waals surface area contributed by atoms with Crippen molar-refractivity contribution in [1.29, 1.82) is 0 Å². The highest BCUT2D eigenvalue weighted by molar-refractivity contribution is 7.92. The maximum absolute atomic E-state index is 12.0. The van der Waals surface area contributed by atoms with Crippen LogP contribution in [0.1, 0.15) is 34.1 Å². The van der Waals surface area contributed by atoms with E-state index in [2.05, 4.69) is 0 Å². The summed E-state index contributed by atoms with van der Waals surface area (Å²) in [6.07, 6.45) is 0.877. The summed E-state index contributed by atoms with van der Waals surface area (Å²) in [6.45, 7) is 8.49. The molecule has 1 aliphatic rings. The lowest BCUT2D eigenvalue weighted by Gasteiger charge is -2.41. The molecule has 1 heterocycles. The van der Waals surface area contributed by atoms with Crippen molar-refractivity contribution in [2.24, 2.45) is 5.41 Å². The topological polar surface area (TPSA) is 43.4 Å². The summed E-state index contributed by atoms with van der Waals surface area (Å²) in [7, 11) is -3.01. The van der Waals surface area contributed by atoms with E-state index >= 15 is 0 Å². The van der Waals surface area contributed by atoms with Gasteiger partial charge in [-0.15, -0.1) is 0 Å². The van der Waals surface area contributed by atoms with E-state index in [1.54, 1.807) is 20.8 Å². The molecule has 1 saturated heterocycles. The second-order valence-electron chi connectivity index (χ2n) is 5.22. The predicted molar refractivity (Wildman–Crippen MR) is 57.1 cm³/mol. The van der Waals surface area contributed by atoms with Gasteiger partial charge in [0, 0.05) is 5.41 Å². The van der Waals surface area contributed by atoms with E-state index in [4.69, 9.17) is 4.74 Å². The lowest BCUT2D eigenvalue weighted by atomic mass is 9.86. The highest BCUT2D eigenvalue weighted by Gasteiger charge is 2.44. The minimum Gasteiger partial charge on any atom is -0.380 e. The van der Waals surface area contributed by atoms with Crippen LogP contribution in [0, 0.1) is 5.41 Å². The van der Waals surface area contributed by atoms with Crippen molar-refractivity contribution in [2.75, 3.05) is 19.0 Å². The van der Waals surface area contributed by atoms with Crippen LogP contribution >= 0.6 is 0 Å². The number of hydrogen-bond acceptors (Lipinski definition) is 3. The van der Waals surface area contributed by atoms with Gasteiger partial charge in [-0.25, -0.2) is 8.42 Å². The quantitative estimate of drug-likeness (QED) is 0.726. The molecule has 0 spiro atoms. The summed E-state index contributed by atoms with van der Waals surface area (Å²) in [5.41, 5.74) is -0.105. The monoisotopic (exact) mass is 220 g/mol. The second kappa shape index (κ2) is 3.49. The summed E-state index contributed by atoms with van der Waals surface area (Å²) in [5.74, 6) is 0.264. The van der Waals surface area contributed by atoms with Crippen molar-refractivity contribution in [3.05, 3.63) is 0 Å². The molecule has 1 fully saturated rings. The minimum absolute atomic E-state index is 0.105. The molecule has 1 rings (SSSR count). The molecule has 14 heavy (non-hydrogen) atoms. The normalized spacial score (nSPS) is 21.7. The molecule has 0 saturated carbocycles. The van der Waals surface area contributed by atoms with Crippen LogP contribution < -0.4 is 0 Å². The Hall–Kier alpha value is -0.0900. The standard InChI is InChI=1S/C10H20O3S/c1-5-10(6-13-7-10)8-14(11,12)9(2,3)4/h5-8H2,1-4H3. The van der Waals surface area contributed by atoms with Gasteiger partial charge in [0.15, 0.2) is 9.84 Å². The van der Waals surface area contributed by atoms with Crippen molar-refractivity contribution < 1.29 is 13.2 Å². The van der Waals surface area contributed by atoms with Crippen molar-refractivity contribution >= 4 is 9.84 Å². The zero-order valence-electron chi connectivity index (χ0n) is 9.46. The van der Waals surface area contributed by atoms with E-state index in [0.717, 1.165) is 6.42 Å². The van der Waals surface area contributed by atoms with Gasteiger partial charge in [0.05, 0.1) is 23.7 Å². The Morgan fingerprint density at radius 2 is 1.79 bits per heavy atom. The predicted octanol–water partition coefficient (Wildman–Crippen LogP) is 1.63. The molecule has 0 N–H and O–H groups in total. The van der Waals surface area contributed by atoms with Gasteiger partial charge in [0.2, 0.25) is 0 Å². The van der Waals surface area contributed by atoms with E-state index in [9.17, 15) is 8.42 Å².